The van der Waals surface area contributed by atoms with E-state index in [-0.39, 0.29) is 12.2 Å². The lowest BCUT2D eigenvalue weighted by Gasteiger charge is -2.22. The SMILES string of the molecule is Cn1cc(-c2ccc3cnc(CC(=O)c4cn(C5CCNCC5)nn4)cc3c2)nn1. The van der Waals surface area contributed by atoms with Crippen molar-refractivity contribution in [2.45, 2.75) is 25.3 Å². The summed E-state index contributed by atoms with van der Waals surface area (Å²) in [6.07, 6.45) is 7.62. The molecule has 4 aromatic rings. The van der Waals surface area contributed by atoms with Gasteiger partial charge in [-0.2, -0.15) is 0 Å². The van der Waals surface area contributed by atoms with Gasteiger partial charge in [0.25, 0.3) is 0 Å². The smallest absolute Gasteiger partial charge is 0.190 e. The van der Waals surface area contributed by atoms with Crippen molar-refractivity contribution in [3.05, 3.63) is 54.2 Å². The average Bonchev–Trinajstić information content (AvgIpc) is 3.43. The monoisotopic (exact) mass is 402 g/mol. The standard InChI is InChI=1S/C21H22N8O/c1-28-12-19(24-26-28)14-2-3-15-11-23-17(9-16(15)8-14)10-21(30)20-13-29(27-25-20)18-4-6-22-7-5-18/h2-3,8-9,11-13,18,22H,4-7,10H2,1H3. The molecule has 1 aliphatic rings. The average molecular weight is 402 g/mol. The van der Waals surface area contributed by atoms with Crippen LogP contribution >= 0.6 is 0 Å². The Hall–Kier alpha value is -3.46. The second kappa shape index (κ2) is 7.75. The van der Waals surface area contributed by atoms with Crippen molar-refractivity contribution in [3.63, 3.8) is 0 Å². The topological polar surface area (TPSA) is 103 Å². The molecule has 30 heavy (non-hydrogen) atoms. The van der Waals surface area contributed by atoms with E-state index in [1.54, 1.807) is 17.1 Å². The van der Waals surface area contributed by atoms with E-state index in [1.807, 2.05) is 42.2 Å². The predicted molar refractivity (Wildman–Crippen MR) is 111 cm³/mol. The van der Waals surface area contributed by atoms with Crippen LogP contribution in [0.2, 0.25) is 0 Å². The molecule has 0 radical (unpaired) electrons. The van der Waals surface area contributed by atoms with Crippen molar-refractivity contribution in [2.75, 3.05) is 13.1 Å². The fraction of sp³-hybridized carbons (Fsp3) is 0.333. The van der Waals surface area contributed by atoms with Gasteiger partial charge in [-0.1, -0.05) is 22.6 Å². The first-order valence-electron chi connectivity index (χ1n) is 10.1. The summed E-state index contributed by atoms with van der Waals surface area (Å²) in [5.41, 5.74) is 2.89. The number of carbonyl (C=O) groups excluding carboxylic acids is 1. The Bertz CT molecular complexity index is 1200. The molecule has 0 aliphatic carbocycles. The van der Waals surface area contributed by atoms with E-state index in [0.717, 1.165) is 48.0 Å². The second-order valence-corrected chi connectivity index (χ2v) is 7.68. The van der Waals surface area contributed by atoms with E-state index < -0.39 is 0 Å². The molecule has 3 aromatic heterocycles. The molecule has 9 nitrogen and oxygen atoms in total. The van der Waals surface area contributed by atoms with Crippen molar-refractivity contribution in [2.24, 2.45) is 7.05 Å². The summed E-state index contributed by atoms with van der Waals surface area (Å²) in [7, 11) is 1.84. The van der Waals surface area contributed by atoms with Crippen LogP contribution in [0.5, 0.6) is 0 Å². The van der Waals surface area contributed by atoms with Crippen LogP contribution in [0.15, 0.2) is 42.9 Å². The van der Waals surface area contributed by atoms with Gasteiger partial charge in [0.15, 0.2) is 5.78 Å². The van der Waals surface area contributed by atoms with E-state index in [4.69, 9.17) is 0 Å². The number of ketones is 1. The van der Waals surface area contributed by atoms with E-state index >= 15 is 0 Å². The molecule has 0 atom stereocenters. The lowest BCUT2D eigenvalue weighted by Crippen LogP contribution is -2.29. The Morgan fingerprint density at radius 1 is 1.10 bits per heavy atom. The maximum absolute atomic E-state index is 12.7. The molecule has 1 fully saturated rings. The quantitative estimate of drug-likeness (QED) is 0.509. The van der Waals surface area contributed by atoms with Crippen molar-refractivity contribution in [3.8, 4) is 11.3 Å². The largest absolute Gasteiger partial charge is 0.317 e. The Morgan fingerprint density at radius 2 is 1.97 bits per heavy atom. The van der Waals surface area contributed by atoms with Gasteiger partial charge in [0.2, 0.25) is 0 Å². The zero-order valence-corrected chi connectivity index (χ0v) is 16.7. The van der Waals surface area contributed by atoms with Crippen molar-refractivity contribution >= 4 is 16.6 Å². The Labute approximate surface area is 173 Å². The number of nitrogens with one attached hydrogen (secondary N) is 1. The van der Waals surface area contributed by atoms with Crippen molar-refractivity contribution in [1.82, 2.24) is 40.3 Å². The number of hydrogen-bond donors (Lipinski definition) is 1. The third-order valence-electron chi connectivity index (χ3n) is 5.50. The minimum atomic E-state index is -0.0767. The molecular weight excluding hydrogens is 380 g/mol. The lowest BCUT2D eigenvalue weighted by molar-refractivity contribution is 0.0987. The van der Waals surface area contributed by atoms with Crippen LogP contribution in [-0.4, -0.2) is 53.8 Å². The van der Waals surface area contributed by atoms with Gasteiger partial charge in [-0.05, 0) is 43.5 Å². The fourth-order valence-electron chi connectivity index (χ4n) is 3.83. The molecular formula is C21H22N8O. The molecule has 0 amide bonds. The van der Waals surface area contributed by atoms with Gasteiger partial charge < -0.3 is 5.32 Å². The molecule has 1 N–H and O–H groups in total. The van der Waals surface area contributed by atoms with Gasteiger partial charge >= 0.3 is 0 Å². The van der Waals surface area contributed by atoms with Gasteiger partial charge in [-0.25, -0.2) is 4.68 Å². The number of hydrogen-bond acceptors (Lipinski definition) is 7. The molecule has 0 spiro atoms. The van der Waals surface area contributed by atoms with Gasteiger partial charge in [0, 0.05) is 29.9 Å². The van der Waals surface area contributed by atoms with Crippen LogP contribution < -0.4 is 5.32 Å². The van der Waals surface area contributed by atoms with Crippen molar-refractivity contribution < 1.29 is 4.79 Å². The van der Waals surface area contributed by atoms with Gasteiger partial charge in [0.05, 0.1) is 24.9 Å². The number of Topliss-reactive ketones (excluding diaryl/α,β-unsaturated/α-hetero) is 1. The van der Waals surface area contributed by atoms with E-state index in [2.05, 4.69) is 30.9 Å². The number of pyridine rings is 1. The molecule has 152 valence electrons. The predicted octanol–water partition coefficient (Wildman–Crippen LogP) is 1.97. The highest BCUT2D eigenvalue weighted by Gasteiger charge is 2.19. The first kappa shape index (κ1) is 18.6. The minimum absolute atomic E-state index is 0.0767. The first-order chi connectivity index (χ1) is 14.7. The molecule has 1 saturated heterocycles. The van der Waals surface area contributed by atoms with Gasteiger partial charge in [0.1, 0.15) is 11.4 Å². The summed E-state index contributed by atoms with van der Waals surface area (Å²) in [5.74, 6) is -0.0767. The van der Waals surface area contributed by atoms with Crippen molar-refractivity contribution in [1.29, 1.82) is 0 Å². The lowest BCUT2D eigenvalue weighted by atomic mass is 10.0. The molecule has 1 aliphatic heterocycles. The normalized spacial score (nSPS) is 15.0. The number of aryl methyl sites for hydroxylation is 1. The zero-order valence-electron chi connectivity index (χ0n) is 16.7. The third kappa shape index (κ3) is 3.71. The molecule has 0 bridgehead atoms. The number of piperidine rings is 1. The highest BCUT2D eigenvalue weighted by Crippen LogP contribution is 2.23. The van der Waals surface area contributed by atoms with Crippen LogP contribution in [-0.2, 0) is 13.5 Å². The highest BCUT2D eigenvalue weighted by atomic mass is 16.1. The maximum atomic E-state index is 12.7. The van der Waals surface area contributed by atoms with Crippen LogP contribution in [0.25, 0.3) is 22.0 Å². The second-order valence-electron chi connectivity index (χ2n) is 7.68. The summed E-state index contributed by atoms with van der Waals surface area (Å²) in [4.78, 5) is 17.2. The van der Waals surface area contributed by atoms with E-state index in [0.29, 0.717) is 17.4 Å². The first-order valence-corrected chi connectivity index (χ1v) is 10.1. The highest BCUT2D eigenvalue weighted by molar-refractivity contribution is 5.96. The summed E-state index contributed by atoms with van der Waals surface area (Å²) in [6, 6.07) is 8.30. The van der Waals surface area contributed by atoms with Crippen LogP contribution in [0, 0.1) is 0 Å². The molecule has 9 heteroatoms. The number of benzene rings is 1. The van der Waals surface area contributed by atoms with E-state index in [9.17, 15) is 4.79 Å². The van der Waals surface area contributed by atoms with Gasteiger partial charge in [-0.15, -0.1) is 10.2 Å². The number of fused-ring (bicyclic) bond motifs is 1. The van der Waals surface area contributed by atoms with Crippen LogP contribution in [0.3, 0.4) is 0 Å². The number of nitrogens with zero attached hydrogens (tertiary/aromatic N) is 7. The summed E-state index contributed by atoms with van der Waals surface area (Å²) >= 11 is 0. The van der Waals surface area contributed by atoms with Crippen LogP contribution in [0.4, 0.5) is 0 Å². The summed E-state index contributed by atoms with van der Waals surface area (Å²) < 4.78 is 3.50. The fourth-order valence-corrected chi connectivity index (χ4v) is 3.83. The Kier molecular flexibility index (Phi) is 4.80. The molecule has 5 rings (SSSR count). The molecule has 0 saturated carbocycles. The Balaban J connectivity index is 1.35. The summed E-state index contributed by atoms with van der Waals surface area (Å²) in [5, 5.41) is 21.8. The van der Waals surface area contributed by atoms with Crippen LogP contribution in [0.1, 0.15) is 35.1 Å². The number of rotatable bonds is 5. The third-order valence-corrected chi connectivity index (χ3v) is 5.50. The number of carbonyl (C=O) groups is 1. The van der Waals surface area contributed by atoms with E-state index in [1.165, 1.54) is 0 Å². The summed E-state index contributed by atoms with van der Waals surface area (Å²) in [6.45, 7) is 1.93. The molecule has 4 heterocycles. The molecule has 1 aromatic carbocycles. The Morgan fingerprint density at radius 3 is 2.77 bits per heavy atom. The van der Waals surface area contributed by atoms with Gasteiger partial charge in [-0.3, -0.25) is 14.5 Å². The molecule has 0 unspecified atom stereocenters. The minimum Gasteiger partial charge on any atom is -0.317 e. The zero-order chi connectivity index (χ0) is 20.5. The maximum Gasteiger partial charge on any atom is 0.190 e. The number of aromatic nitrogens is 7.